The molecule has 2 heterocycles. The maximum Gasteiger partial charge on any atom is 0.136 e. The third kappa shape index (κ3) is 2.66. The first kappa shape index (κ1) is 20.0. The summed E-state index contributed by atoms with van der Waals surface area (Å²) in [5.41, 5.74) is 5.92. The summed E-state index contributed by atoms with van der Waals surface area (Å²) < 4.78 is 12.5. The monoisotopic (exact) mass is 484 g/mol. The third-order valence-corrected chi connectivity index (χ3v) is 8.05. The Bertz CT molecular complexity index is 2370. The third-order valence-electron chi connectivity index (χ3n) is 8.05. The number of benzene rings is 7. The second-order valence-corrected chi connectivity index (χ2v) is 10.1. The van der Waals surface area contributed by atoms with E-state index >= 15 is 0 Å². The molecule has 2 nitrogen and oxygen atoms in total. The van der Waals surface area contributed by atoms with Gasteiger partial charge in [-0.15, -0.1) is 0 Å². The lowest BCUT2D eigenvalue weighted by Gasteiger charge is -2.12. The SMILES string of the molecule is c1ccc2c(c1)oc1cc3c(cc12)oc1ccc(-c2ccc4c5ccccc5c5ccccc5c4c2)cc13. The zero-order chi connectivity index (χ0) is 24.8. The molecule has 2 aromatic heterocycles. The van der Waals surface area contributed by atoms with Crippen molar-refractivity contribution < 1.29 is 8.83 Å². The van der Waals surface area contributed by atoms with Crippen LogP contribution in [0.25, 0.3) is 87.3 Å². The van der Waals surface area contributed by atoms with Crippen LogP contribution in [0.2, 0.25) is 0 Å². The van der Waals surface area contributed by atoms with Crippen LogP contribution in [-0.4, -0.2) is 0 Å². The van der Waals surface area contributed by atoms with Gasteiger partial charge in [-0.25, -0.2) is 0 Å². The van der Waals surface area contributed by atoms with Crippen molar-refractivity contribution in [2.45, 2.75) is 0 Å². The molecule has 176 valence electrons. The zero-order valence-electron chi connectivity index (χ0n) is 20.4. The van der Waals surface area contributed by atoms with Gasteiger partial charge in [-0.2, -0.15) is 0 Å². The summed E-state index contributed by atoms with van der Waals surface area (Å²) in [5.74, 6) is 0. The van der Waals surface area contributed by atoms with E-state index in [0.717, 1.165) is 43.9 Å². The molecule has 0 N–H and O–H groups in total. The highest BCUT2D eigenvalue weighted by Gasteiger charge is 2.15. The molecular weight excluding hydrogens is 464 g/mol. The van der Waals surface area contributed by atoms with Gasteiger partial charge in [0.2, 0.25) is 0 Å². The van der Waals surface area contributed by atoms with Gasteiger partial charge in [-0.1, -0.05) is 84.9 Å². The fourth-order valence-corrected chi connectivity index (χ4v) is 6.26. The molecule has 0 aliphatic rings. The maximum absolute atomic E-state index is 6.30. The van der Waals surface area contributed by atoms with Crippen molar-refractivity contribution in [3.05, 3.63) is 121 Å². The molecule has 0 atom stereocenters. The van der Waals surface area contributed by atoms with Gasteiger partial charge in [0.25, 0.3) is 0 Å². The van der Waals surface area contributed by atoms with Crippen LogP contribution in [0.4, 0.5) is 0 Å². The van der Waals surface area contributed by atoms with Crippen molar-refractivity contribution in [3.63, 3.8) is 0 Å². The molecule has 0 radical (unpaired) electrons. The van der Waals surface area contributed by atoms with E-state index in [1.54, 1.807) is 0 Å². The van der Waals surface area contributed by atoms with E-state index in [0.29, 0.717) is 0 Å². The van der Waals surface area contributed by atoms with Crippen LogP contribution in [0.5, 0.6) is 0 Å². The van der Waals surface area contributed by atoms with E-state index in [-0.39, 0.29) is 0 Å². The minimum absolute atomic E-state index is 0.882. The standard InChI is InChI=1S/C36H20O2/c1-2-9-25-23(7-1)24-8-3-4-10-26(24)29-17-21(13-15-27(25)29)22-14-16-34-30(18-22)32-20-35-31(19-36(32)38-34)28-11-5-6-12-33(28)37-35/h1-20H. The van der Waals surface area contributed by atoms with Crippen molar-refractivity contribution in [1.82, 2.24) is 0 Å². The molecule has 0 bridgehead atoms. The van der Waals surface area contributed by atoms with Crippen LogP contribution in [0.15, 0.2) is 130 Å². The summed E-state index contributed by atoms with van der Waals surface area (Å²) in [5, 5.41) is 12.1. The van der Waals surface area contributed by atoms with Crippen LogP contribution in [-0.2, 0) is 0 Å². The van der Waals surface area contributed by atoms with Gasteiger partial charge in [-0.05, 0) is 79.8 Å². The Labute approximate surface area is 217 Å². The smallest absolute Gasteiger partial charge is 0.136 e. The Kier molecular flexibility index (Phi) is 3.82. The van der Waals surface area contributed by atoms with E-state index in [9.17, 15) is 0 Å². The number of furan rings is 2. The number of para-hydroxylation sites is 1. The van der Waals surface area contributed by atoms with Crippen LogP contribution >= 0.6 is 0 Å². The summed E-state index contributed by atoms with van der Waals surface area (Å²) in [6.07, 6.45) is 0. The highest BCUT2D eigenvalue weighted by Crippen LogP contribution is 2.40. The molecule has 38 heavy (non-hydrogen) atoms. The van der Waals surface area contributed by atoms with E-state index in [4.69, 9.17) is 8.83 Å². The van der Waals surface area contributed by atoms with Crippen molar-refractivity contribution in [1.29, 1.82) is 0 Å². The highest BCUT2D eigenvalue weighted by atomic mass is 16.3. The lowest BCUT2D eigenvalue weighted by Crippen LogP contribution is -1.85. The van der Waals surface area contributed by atoms with Gasteiger partial charge in [0.1, 0.15) is 22.3 Å². The molecule has 0 saturated heterocycles. The Morgan fingerprint density at radius 3 is 1.34 bits per heavy atom. The van der Waals surface area contributed by atoms with Crippen LogP contribution in [0.1, 0.15) is 0 Å². The van der Waals surface area contributed by atoms with E-state index in [1.165, 1.54) is 43.4 Å². The fourth-order valence-electron chi connectivity index (χ4n) is 6.26. The zero-order valence-corrected chi connectivity index (χ0v) is 20.4. The number of fused-ring (bicyclic) bond motifs is 12. The molecule has 9 aromatic rings. The minimum Gasteiger partial charge on any atom is -0.456 e. The normalized spacial score (nSPS) is 12.2. The summed E-state index contributed by atoms with van der Waals surface area (Å²) in [6, 6.07) is 43.2. The second-order valence-electron chi connectivity index (χ2n) is 10.1. The van der Waals surface area contributed by atoms with Crippen LogP contribution in [0.3, 0.4) is 0 Å². The lowest BCUT2D eigenvalue weighted by molar-refractivity contribution is 0.664. The first-order valence-corrected chi connectivity index (χ1v) is 12.9. The van der Waals surface area contributed by atoms with Crippen molar-refractivity contribution >= 4 is 76.2 Å². The van der Waals surface area contributed by atoms with Gasteiger partial charge in [0, 0.05) is 21.5 Å². The second kappa shape index (κ2) is 7.24. The number of hydrogen-bond acceptors (Lipinski definition) is 2. The molecule has 9 rings (SSSR count). The summed E-state index contributed by atoms with van der Waals surface area (Å²) in [6.45, 7) is 0. The largest absolute Gasteiger partial charge is 0.456 e. The lowest BCUT2D eigenvalue weighted by atomic mass is 9.92. The summed E-state index contributed by atoms with van der Waals surface area (Å²) >= 11 is 0. The number of rotatable bonds is 1. The minimum atomic E-state index is 0.882. The Morgan fingerprint density at radius 2 is 0.684 bits per heavy atom. The molecular formula is C36H20O2. The van der Waals surface area contributed by atoms with Crippen molar-refractivity contribution in [2.75, 3.05) is 0 Å². The van der Waals surface area contributed by atoms with E-state index < -0.39 is 0 Å². The highest BCUT2D eigenvalue weighted by molar-refractivity contribution is 6.26. The fraction of sp³-hybridized carbons (Fsp3) is 0. The van der Waals surface area contributed by atoms with Gasteiger partial charge < -0.3 is 8.83 Å². The molecule has 0 amide bonds. The Balaban J connectivity index is 1.29. The molecule has 7 aromatic carbocycles. The van der Waals surface area contributed by atoms with Gasteiger partial charge in [0.15, 0.2) is 0 Å². The van der Waals surface area contributed by atoms with Gasteiger partial charge in [-0.3, -0.25) is 0 Å². The van der Waals surface area contributed by atoms with Gasteiger partial charge >= 0.3 is 0 Å². The molecule has 2 heteroatoms. The van der Waals surface area contributed by atoms with Crippen LogP contribution in [0, 0.1) is 0 Å². The van der Waals surface area contributed by atoms with Crippen molar-refractivity contribution in [3.8, 4) is 11.1 Å². The number of hydrogen-bond donors (Lipinski definition) is 0. The maximum atomic E-state index is 6.30. The van der Waals surface area contributed by atoms with Crippen LogP contribution < -0.4 is 0 Å². The topological polar surface area (TPSA) is 26.3 Å². The van der Waals surface area contributed by atoms with E-state index in [2.05, 4.69) is 103 Å². The average Bonchev–Trinajstić information content (AvgIpc) is 3.52. The van der Waals surface area contributed by atoms with Gasteiger partial charge in [0.05, 0.1) is 0 Å². The Morgan fingerprint density at radius 1 is 0.263 bits per heavy atom. The first-order chi connectivity index (χ1) is 18.8. The Hall–Kier alpha value is -5.08. The van der Waals surface area contributed by atoms with Crippen molar-refractivity contribution in [2.24, 2.45) is 0 Å². The molecule has 0 fully saturated rings. The average molecular weight is 485 g/mol. The predicted molar refractivity (Wildman–Crippen MR) is 159 cm³/mol. The van der Waals surface area contributed by atoms with E-state index in [1.807, 2.05) is 18.2 Å². The molecule has 0 aliphatic carbocycles. The molecule has 0 aliphatic heterocycles. The molecule has 0 unspecified atom stereocenters. The quantitative estimate of drug-likeness (QED) is 0.217. The summed E-state index contributed by atoms with van der Waals surface area (Å²) in [7, 11) is 0. The molecule has 0 spiro atoms. The molecule has 0 saturated carbocycles. The predicted octanol–water partition coefficient (Wildman–Crippen LogP) is 10.6. The first-order valence-electron chi connectivity index (χ1n) is 12.9. The summed E-state index contributed by atoms with van der Waals surface area (Å²) in [4.78, 5) is 0.